The van der Waals surface area contributed by atoms with Crippen molar-refractivity contribution >= 4 is 19.8 Å². The van der Waals surface area contributed by atoms with Crippen LogP contribution in [0.2, 0.25) is 0 Å². The molecule has 50 heavy (non-hydrogen) atoms. The average molecular weight is 730 g/mol. The minimum atomic E-state index is -4.61. The topological polar surface area (TPSA) is 155 Å². The molecule has 0 aromatic rings. The number of hydrogen-bond donors (Lipinski definition) is 3. The molecule has 0 spiro atoms. The number of hydrogen-bond acceptors (Lipinski definition) is 8. The van der Waals surface area contributed by atoms with E-state index in [0.717, 1.165) is 70.6 Å². The van der Waals surface area contributed by atoms with E-state index < -0.39 is 45.1 Å². The Morgan fingerprint density at radius 1 is 0.640 bits per heavy atom. The number of nitrogens with two attached hydrogens (primary N) is 1. The molecule has 0 bridgehead atoms. The lowest BCUT2D eigenvalue weighted by molar-refractivity contribution is -0.154. The van der Waals surface area contributed by atoms with Gasteiger partial charge in [0.2, 0.25) is 0 Å². The van der Waals surface area contributed by atoms with Gasteiger partial charge in [0.1, 0.15) is 12.1 Å². The van der Waals surface area contributed by atoms with Crippen molar-refractivity contribution in [3.05, 3.63) is 36.5 Å². The molecule has 0 heterocycles. The van der Waals surface area contributed by atoms with Crippen LogP contribution < -0.4 is 5.73 Å². The normalized spacial score (nSPS) is 14.5. The second-order valence-electron chi connectivity index (χ2n) is 13.0. The van der Waals surface area contributed by atoms with Crippen molar-refractivity contribution in [3.63, 3.8) is 0 Å². The molecule has 0 aliphatic carbocycles. The molecular weight excluding hydrogens is 657 g/mol. The highest BCUT2D eigenvalue weighted by molar-refractivity contribution is 7.47. The average Bonchev–Trinajstić information content (AvgIpc) is 3.09. The molecule has 0 amide bonds. The van der Waals surface area contributed by atoms with Gasteiger partial charge in [-0.2, -0.15) is 0 Å². The molecule has 3 unspecified atom stereocenters. The molecule has 0 fully saturated rings. The van der Waals surface area contributed by atoms with Crippen LogP contribution in [0.1, 0.15) is 162 Å². The third-order valence-corrected chi connectivity index (χ3v) is 9.07. The van der Waals surface area contributed by atoms with Crippen molar-refractivity contribution in [2.24, 2.45) is 5.73 Å². The molecule has 292 valence electrons. The van der Waals surface area contributed by atoms with Crippen LogP contribution in [-0.4, -0.2) is 60.5 Å². The summed E-state index contributed by atoms with van der Waals surface area (Å²) in [6.45, 7) is 3.76. The predicted octanol–water partition coefficient (Wildman–Crippen LogP) is 10.1. The number of rotatable bonds is 37. The molecule has 0 radical (unpaired) electrons. The molecule has 3 atom stereocenters. The Bertz CT molecular complexity index is 941. The Kier molecular flexibility index (Phi) is 34.3. The van der Waals surface area contributed by atoms with Gasteiger partial charge in [0.05, 0.1) is 19.8 Å². The number of phosphoric acid groups is 1. The van der Waals surface area contributed by atoms with Gasteiger partial charge in [-0.05, 0) is 64.2 Å². The molecule has 0 rings (SSSR count). The minimum absolute atomic E-state index is 0.00655. The number of carbonyl (C=O) groups is 2. The van der Waals surface area contributed by atoms with Crippen LogP contribution in [-0.2, 0) is 32.7 Å². The van der Waals surface area contributed by atoms with Crippen LogP contribution in [0.5, 0.6) is 0 Å². The Balaban J connectivity index is 4.33. The van der Waals surface area contributed by atoms with Crippen LogP contribution in [0.15, 0.2) is 36.5 Å². The van der Waals surface area contributed by atoms with E-state index >= 15 is 0 Å². The van der Waals surface area contributed by atoms with Crippen molar-refractivity contribution in [3.8, 4) is 0 Å². The van der Waals surface area contributed by atoms with E-state index in [2.05, 4.69) is 50.3 Å². The highest BCUT2D eigenvalue weighted by Gasteiger charge is 2.27. The summed E-state index contributed by atoms with van der Waals surface area (Å²) in [4.78, 5) is 33.4. The fourth-order valence-corrected chi connectivity index (χ4v) is 5.82. The van der Waals surface area contributed by atoms with E-state index in [9.17, 15) is 19.0 Å². The Morgan fingerprint density at radius 2 is 1.14 bits per heavy atom. The van der Waals surface area contributed by atoms with Gasteiger partial charge in [-0.1, -0.05) is 127 Å². The summed E-state index contributed by atoms with van der Waals surface area (Å²) in [6, 6.07) is -1.47. The maximum absolute atomic E-state index is 12.6. The SMILES string of the molecule is CCC/C=C\C/C=C\CCCCCCCCOCC(COP(=O)(O)OCC(N)C(=O)O)OC(=O)CCCCCCC/C=C\CCCCCCC. The Hall–Kier alpha value is -1.81. The molecule has 0 aromatic carbocycles. The molecule has 10 nitrogen and oxygen atoms in total. The minimum Gasteiger partial charge on any atom is -0.480 e. The Morgan fingerprint density at radius 3 is 1.72 bits per heavy atom. The van der Waals surface area contributed by atoms with E-state index in [1.807, 2.05) is 0 Å². The highest BCUT2D eigenvalue weighted by atomic mass is 31.2. The Labute approximate surface area is 304 Å². The van der Waals surface area contributed by atoms with Gasteiger partial charge in [-0.25, -0.2) is 4.57 Å². The van der Waals surface area contributed by atoms with Crippen LogP contribution in [0, 0.1) is 0 Å². The molecule has 0 aromatic heterocycles. The molecule has 11 heteroatoms. The first-order chi connectivity index (χ1) is 24.2. The number of unbranched alkanes of at least 4 members (excludes halogenated alkanes) is 17. The largest absolute Gasteiger partial charge is 0.480 e. The van der Waals surface area contributed by atoms with Crippen LogP contribution in [0.3, 0.4) is 0 Å². The number of allylic oxidation sites excluding steroid dienone is 6. The zero-order valence-corrected chi connectivity index (χ0v) is 32.4. The fraction of sp³-hybridized carbons (Fsp3) is 0.795. The number of carboxylic acid groups (broad SMARTS) is 1. The molecule has 0 aliphatic heterocycles. The van der Waals surface area contributed by atoms with Crippen LogP contribution in [0.4, 0.5) is 0 Å². The predicted molar refractivity (Wildman–Crippen MR) is 203 cm³/mol. The van der Waals surface area contributed by atoms with Gasteiger partial charge in [-0.3, -0.25) is 18.6 Å². The number of esters is 1. The summed E-state index contributed by atoms with van der Waals surface area (Å²) in [5.74, 6) is -1.79. The second-order valence-corrected chi connectivity index (χ2v) is 14.5. The number of aliphatic carboxylic acids is 1. The molecule has 0 aliphatic rings. The maximum atomic E-state index is 12.6. The zero-order chi connectivity index (χ0) is 37.0. The second kappa shape index (κ2) is 35.6. The zero-order valence-electron chi connectivity index (χ0n) is 31.5. The summed E-state index contributed by atoms with van der Waals surface area (Å²) in [5.41, 5.74) is 5.34. The van der Waals surface area contributed by atoms with Crippen molar-refractivity contribution in [2.45, 2.75) is 174 Å². The van der Waals surface area contributed by atoms with Crippen molar-refractivity contribution < 1.29 is 42.7 Å². The van der Waals surface area contributed by atoms with Gasteiger partial charge in [0.25, 0.3) is 0 Å². The number of carboxylic acids is 1. The summed E-state index contributed by atoms with van der Waals surface area (Å²) >= 11 is 0. The lowest BCUT2D eigenvalue weighted by Gasteiger charge is -2.20. The van der Waals surface area contributed by atoms with Gasteiger partial charge in [-0.15, -0.1) is 0 Å². The van der Waals surface area contributed by atoms with Gasteiger partial charge < -0.3 is 25.2 Å². The smallest absolute Gasteiger partial charge is 0.472 e. The van der Waals surface area contributed by atoms with Crippen LogP contribution >= 0.6 is 7.82 Å². The first-order valence-corrected chi connectivity index (χ1v) is 21.0. The molecule has 4 N–H and O–H groups in total. The highest BCUT2D eigenvalue weighted by Crippen LogP contribution is 2.43. The summed E-state index contributed by atoms with van der Waals surface area (Å²) in [5, 5.41) is 8.87. The van der Waals surface area contributed by atoms with E-state index in [1.165, 1.54) is 64.2 Å². The molecule has 0 saturated heterocycles. The van der Waals surface area contributed by atoms with Gasteiger partial charge in [0, 0.05) is 13.0 Å². The third-order valence-electron chi connectivity index (χ3n) is 8.12. The maximum Gasteiger partial charge on any atom is 0.472 e. The summed E-state index contributed by atoms with van der Waals surface area (Å²) < 4.78 is 33.2. The monoisotopic (exact) mass is 729 g/mol. The lowest BCUT2D eigenvalue weighted by Crippen LogP contribution is -2.34. The van der Waals surface area contributed by atoms with Crippen LogP contribution in [0.25, 0.3) is 0 Å². The van der Waals surface area contributed by atoms with Crippen molar-refractivity contribution in [1.82, 2.24) is 0 Å². The van der Waals surface area contributed by atoms with E-state index in [4.69, 9.17) is 29.4 Å². The summed E-state index contributed by atoms with van der Waals surface area (Å²) in [6.07, 6.45) is 37.6. The fourth-order valence-electron chi connectivity index (χ4n) is 5.05. The van der Waals surface area contributed by atoms with Crippen molar-refractivity contribution in [2.75, 3.05) is 26.4 Å². The van der Waals surface area contributed by atoms with E-state index in [1.54, 1.807) is 0 Å². The van der Waals surface area contributed by atoms with Gasteiger partial charge in [0.15, 0.2) is 0 Å². The molecular formula is C39H72NO9P. The van der Waals surface area contributed by atoms with Gasteiger partial charge >= 0.3 is 19.8 Å². The first kappa shape index (κ1) is 48.2. The standard InChI is InChI=1S/C39H72NO9P/c1-3-5-7-9-11-13-15-17-19-21-23-25-27-29-31-38(41)49-36(34-47-50(44,45)48-35-37(40)39(42)43)33-46-32-30-28-26-24-22-20-18-16-14-12-10-8-6-4-2/h8,10,14-17,36-37H,3-7,9,11-13,18-35,40H2,1-2H3,(H,42,43)(H,44,45)/b10-8-,16-14-,17-15-. The number of phosphoric ester groups is 1. The number of carbonyl (C=O) groups excluding carboxylic acids is 1. The lowest BCUT2D eigenvalue weighted by atomic mass is 10.1. The van der Waals surface area contributed by atoms with Crippen molar-refractivity contribution in [1.29, 1.82) is 0 Å². The first-order valence-electron chi connectivity index (χ1n) is 19.5. The third kappa shape index (κ3) is 34.6. The molecule has 0 saturated carbocycles. The quantitative estimate of drug-likeness (QED) is 0.0243. The number of ether oxygens (including phenoxy) is 2. The van der Waals surface area contributed by atoms with E-state index in [-0.39, 0.29) is 13.0 Å². The van der Waals surface area contributed by atoms with E-state index in [0.29, 0.717) is 13.0 Å². The summed E-state index contributed by atoms with van der Waals surface area (Å²) in [7, 11) is -4.61.